The van der Waals surface area contributed by atoms with Gasteiger partial charge in [0.1, 0.15) is 4.90 Å². The van der Waals surface area contributed by atoms with Crippen LogP contribution in [0.5, 0.6) is 0 Å². The third kappa shape index (κ3) is 3.31. The van der Waals surface area contributed by atoms with Crippen molar-refractivity contribution in [1.29, 1.82) is 0 Å². The average Bonchev–Trinajstić information content (AvgIpc) is 3.32. The van der Waals surface area contributed by atoms with Crippen LogP contribution >= 0.6 is 0 Å². The van der Waals surface area contributed by atoms with Crippen molar-refractivity contribution < 1.29 is 8.42 Å². The molecule has 1 aromatic rings. The van der Waals surface area contributed by atoms with E-state index in [1.54, 1.807) is 0 Å². The minimum Gasteiger partial charge on any atom is -0.300 e. The van der Waals surface area contributed by atoms with Gasteiger partial charge in [-0.25, -0.2) is 24.2 Å². The van der Waals surface area contributed by atoms with Crippen molar-refractivity contribution in [2.24, 2.45) is 11.8 Å². The van der Waals surface area contributed by atoms with Crippen molar-refractivity contribution >= 4 is 16.0 Å². The third-order valence-corrected chi connectivity index (χ3v) is 5.79. The Hall–Kier alpha value is -1.29. The minimum absolute atomic E-state index is 0.108. The van der Waals surface area contributed by atoms with Crippen LogP contribution in [-0.4, -0.2) is 60.3 Å². The van der Waals surface area contributed by atoms with E-state index >= 15 is 0 Å². The van der Waals surface area contributed by atoms with Crippen LogP contribution in [0.2, 0.25) is 0 Å². The van der Waals surface area contributed by atoms with Gasteiger partial charge in [0.25, 0.3) is 0 Å². The second-order valence-electron chi connectivity index (χ2n) is 5.53. The maximum atomic E-state index is 12.5. The highest BCUT2D eigenvalue weighted by Crippen LogP contribution is 2.30. The molecule has 0 atom stereocenters. The number of nitrogens with zero attached hydrogens (tertiary/aromatic N) is 4. The number of rotatable bonds is 5. The molecular formula is C12H20N6O2S. The Bertz CT molecular complexity index is 578. The molecule has 1 aliphatic heterocycles. The lowest BCUT2D eigenvalue weighted by Gasteiger charge is -2.33. The molecule has 21 heavy (non-hydrogen) atoms. The molecule has 1 saturated carbocycles. The van der Waals surface area contributed by atoms with Gasteiger partial charge in [0.05, 0.1) is 12.4 Å². The summed E-state index contributed by atoms with van der Waals surface area (Å²) in [6.45, 7) is 3.73. The van der Waals surface area contributed by atoms with Gasteiger partial charge < -0.3 is 4.90 Å². The van der Waals surface area contributed by atoms with E-state index in [1.165, 1.54) is 29.5 Å². The summed E-state index contributed by atoms with van der Waals surface area (Å²) in [5.41, 5.74) is 2.28. The van der Waals surface area contributed by atoms with E-state index in [0.717, 1.165) is 25.6 Å². The summed E-state index contributed by atoms with van der Waals surface area (Å²) in [7, 11) is -3.51. The van der Waals surface area contributed by atoms with E-state index < -0.39 is 10.0 Å². The summed E-state index contributed by atoms with van der Waals surface area (Å²) in [6.07, 6.45) is 5.21. The van der Waals surface area contributed by atoms with E-state index in [-0.39, 0.29) is 10.8 Å². The van der Waals surface area contributed by atoms with Crippen molar-refractivity contribution in [3.05, 3.63) is 12.4 Å². The average molecular weight is 312 g/mol. The number of nitrogens with one attached hydrogen (secondary N) is 1. The molecule has 1 aromatic heterocycles. The van der Waals surface area contributed by atoms with E-state index in [0.29, 0.717) is 13.1 Å². The van der Waals surface area contributed by atoms with Crippen molar-refractivity contribution in [3.8, 4) is 0 Å². The van der Waals surface area contributed by atoms with Gasteiger partial charge in [-0.3, -0.25) is 5.43 Å². The largest absolute Gasteiger partial charge is 0.300 e. The first-order chi connectivity index (χ1) is 10.1. The minimum atomic E-state index is -3.51. The predicted molar refractivity (Wildman–Crippen MR) is 77.8 cm³/mol. The van der Waals surface area contributed by atoms with Gasteiger partial charge in [-0.2, -0.15) is 4.31 Å². The van der Waals surface area contributed by atoms with Crippen LogP contribution in [0.4, 0.5) is 5.95 Å². The molecular weight excluding hydrogens is 292 g/mol. The number of hydrogen-bond acceptors (Lipinski definition) is 7. The van der Waals surface area contributed by atoms with Gasteiger partial charge in [0, 0.05) is 32.7 Å². The van der Waals surface area contributed by atoms with Crippen LogP contribution in [0.3, 0.4) is 0 Å². The Morgan fingerprint density at radius 1 is 1.19 bits per heavy atom. The number of nitrogen functional groups attached to an aromatic ring is 1. The van der Waals surface area contributed by atoms with Crippen LogP contribution < -0.4 is 11.3 Å². The molecule has 2 aliphatic rings. The zero-order chi connectivity index (χ0) is 14.9. The molecule has 2 heterocycles. The fraction of sp³-hybridized carbons (Fsp3) is 0.667. The van der Waals surface area contributed by atoms with E-state index in [2.05, 4.69) is 20.3 Å². The number of piperazine rings is 1. The van der Waals surface area contributed by atoms with E-state index in [4.69, 9.17) is 5.84 Å². The monoisotopic (exact) mass is 312 g/mol. The van der Waals surface area contributed by atoms with Gasteiger partial charge in [-0.15, -0.1) is 0 Å². The molecule has 9 heteroatoms. The zero-order valence-electron chi connectivity index (χ0n) is 11.8. The summed E-state index contributed by atoms with van der Waals surface area (Å²) in [4.78, 5) is 10.2. The Kier molecular flexibility index (Phi) is 4.07. The molecule has 3 N–H and O–H groups in total. The number of sulfonamides is 1. The third-order valence-electron chi connectivity index (χ3n) is 3.94. The fourth-order valence-electron chi connectivity index (χ4n) is 2.49. The number of anilines is 1. The quantitative estimate of drug-likeness (QED) is 0.557. The number of hydrogen-bond donors (Lipinski definition) is 2. The molecule has 0 aromatic carbocycles. The lowest BCUT2D eigenvalue weighted by molar-refractivity contribution is 0.182. The van der Waals surface area contributed by atoms with Gasteiger partial charge >= 0.3 is 0 Å². The molecule has 0 unspecified atom stereocenters. The van der Waals surface area contributed by atoms with E-state index in [9.17, 15) is 8.42 Å². The van der Waals surface area contributed by atoms with Crippen LogP contribution in [0.25, 0.3) is 0 Å². The maximum absolute atomic E-state index is 12.5. The topological polar surface area (TPSA) is 104 Å². The first-order valence-corrected chi connectivity index (χ1v) is 8.55. The number of aromatic nitrogens is 2. The summed E-state index contributed by atoms with van der Waals surface area (Å²) in [5.74, 6) is 6.20. The lowest BCUT2D eigenvalue weighted by Crippen LogP contribution is -2.49. The second-order valence-corrected chi connectivity index (χ2v) is 7.47. The second kappa shape index (κ2) is 5.84. The number of nitrogens with two attached hydrogens (primary N) is 1. The Morgan fingerprint density at radius 2 is 1.81 bits per heavy atom. The maximum Gasteiger partial charge on any atom is 0.246 e. The standard InChI is InChI=1S/C12H20N6O2S/c13-16-12-14-7-11(8-15-12)21(19,20)18-5-3-17(4-6-18)9-10-1-2-10/h7-8,10H,1-6,9,13H2,(H,14,15,16). The summed E-state index contributed by atoms with van der Waals surface area (Å²) < 4.78 is 26.5. The smallest absolute Gasteiger partial charge is 0.246 e. The summed E-state index contributed by atoms with van der Waals surface area (Å²) in [6, 6.07) is 0. The molecule has 0 amide bonds. The highest BCUT2D eigenvalue weighted by Gasteiger charge is 2.31. The molecule has 3 rings (SSSR count). The molecule has 1 aliphatic carbocycles. The van der Waals surface area contributed by atoms with Crippen LogP contribution in [-0.2, 0) is 10.0 Å². The van der Waals surface area contributed by atoms with Crippen LogP contribution in [0.1, 0.15) is 12.8 Å². The van der Waals surface area contributed by atoms with Gasteiger partial charge in [0.2, 0.25) is 16.0 Å². The first-order valence-electron chi connectivity index (χ1n) is 7.11. The van der Waals surface area contributed by atoms with Crippen LogP contribution in [0.15, 0.2) is 17.3 Å². The summed E-state index contributed by atoms with van der Waals surface area (Å²) >= 11 is 0. The highest BCUT2D eigenvalue weighted by molar-refractivity contribution is 7.89. The predicted octanol–water partition coefficient (Wildman–Crippen LogP) is -0.521. The van der Waals surface area contributed by atoms with E-state index in [1.807, 2.05) is 0 Å². The SMILES string of the molecule is NNc1ncc(S(=O)(=O)N2CCN(CC3CC3)CC2)cn1. The normalized spacial score (nSPS) is 21.4. The van der Waals surface area contributed by atoms with Gasteiger partial charge in [-0.1, -0.05) is 0 Å². The number of hydrazine groups is 1. The lowest BCUT2D eigenvalue weighted by atomic mass is 10.3. The zero-order valence-corrected chi connectivity index (χ0v) is 12.6. The molecule has 0 bridgehead atoms. The van der Waals surface area contributed by atoms with Gasteiger partial charge in [-0.05, 0) is 18.8 Å². The first kappa shape index (κ1) is 14.6. The molecule has 0 radical (unpaired) electrons. The van der Waals surface area contributed by atoms with Gasteiger partial charge in [0.15, 0.2) is 0 Å². The highest BCUT2D eigenvalue weighted by atomic mass is 32.2. The molecule has 8 nitrogen and oxygen atoms in total. The Morgan fingerprint density at radius 3 is 2.33 bits per heavy atom. The van der Waals surface area contributed by atoms with Crippen molar-refractivity contribution in [2.45, 2.75) is 17.7 Å². The van der Waals surface area contributed by atoms with Crippen molar-refractivity contribution in [3.63, 3.8) is 0 Å². The molecule has 2 fully saturated rings. The van der Waals surface area contributed by atoms with Crippen molar-refractivity contribution in [1.82, 2.24) is 19.2 Å². The Labute approximate surface area is 124 Å². The molecule has 0 spiro atoms. The summed E-state index contributed by atoms with van der Waals surface area (Å²) in [5, 5.41) is 0. The fourth-order valence-corrected chi connectivity index (χ4v) is 3.81. The van der Waals surface area contributed by atoms with Crippen molar-refractivity contribution in [2.75, 3.05) is 38.1 Å². The molecule has 116 valence electrons. The Balaban J connectivity index is 1.64. The van der Waals surface area contributed by atoms with Crippen LogP contribution in [0, 0.1) is 5.92 Å². The molecule has 1 saturated heterocycles.